The first kappa shape index (κ1) is 16.0. The molecular weight excluding hydrogens is 324 g/mol. The van der Waals surface area contributed by atoms with E-state index in [9.17, 15) is 0 Å². The minimum Gasteiger partial charge on any atom is -0.487 e. The number of ether oxygens (including phenoxy) is 1. The molecule has 4 rings (SSSR count). The number of para-hydroxylation sites is 1. The van der Waals surface area contributed by atoms with Gasteiger partial charge in [-0.05, 0) is 55.0 Å². The normalized spacial score (nSPS) is 10.7. The summed E-state index contributed by atoms with van der Waals surface area (Å²) in [5, 5.41) is 4.36. The highest BCUT2D eigenvalue weighted by Crippen LogP contribution is 2.27. The Balaban J connectivity index is 1.52. The van der Waals surface area contributed by atoms with Crippen LogP contribution in [0.25, 0.3) is 10.9 Å². The molecule has 0 aliphatic carbocycles. The molecule has 5 nitrogen and oxygen atoms in total. The fraction of sp³-hybridized carbons (Fsp3) is 0.0952. The van der Waals surface area contributed by atoms with Crippen LogP contribution in [-0.4, -0.2) is 15.0 Å². The monoisotopic (exact) mass is 342 g/mol. The first-order valence-electron chi connectivity index (χ1n) is 8.40. The van der Waals surface area contributed by atoms with Gasteiger partial charge in [-0.3, -0.25) is 4.98 Å². The van der Waals surface area contributed by atoms with Crippen LogP contribution in [0.1, 0.15) is 11.3 Å². The average Bonchev–Trinajstić information content (AvgIpc) is 2.68. The van der Waals surface area contributed by atoms with Crippen molar-refractivity contribution in [3.05, 3.63) is 84.4 Å². The highest BCUT2D eigenvalue weighted by atomic mass is 16.5. The maximum absolute atomic E-state index is 5.88. The molecule has 4 aromatic rings. The number of benzene rings is 2. The first-order valence-corrected chi connectivity index (χ1v) is 8.40. The lowest BCUT2D eigenvalue weighted by atomic mass is 10.2. The lowest BCUT2D eigenvalue weighted by Gasteiger charge is -2.12. The topological polar surface area (TPSA) is 59.9 Å². The lowest BCUT2D eigenvalue weighted by molar-refractivity contribution is 0.299. The summed E-state index contributed by atoms with van der Waals surface area (Å²) in [6.07, 6.45) is 3.34. The highest BCUT2D eigenvalue weighted by molar-refractivity contribution is 5.90. The average molecular weight is 342 g/mol. The van der Waals surface area contributed by atoms with E-state index in [-0.39, 0.29) is 0 Å². The van der Waals surface area contributed by atoms with Gasteiger partial charge in [0.2, 0.25) is 0 Å². The van der Waals surface area contributed by atoms with E-state index in [1.807, 2.05) is 67.6 Å². The van der Waals surface area contributed by atoms with Gasteiger partial charge < -0.3 is 10.1 Å². The zero-order chi connectivity index (χ0) is 17.8. The molecule has 0 saturated heterocycles. The number of fused-ring (bicyclic) bond motifs is 1. The molecule has 0 atom stereocenters. The third-order valence-electron chi connectivity index (χ3n) is 4.08. The molecule has 26 heavy (non-hydrogen) atoms. The zero-order valence-corrected chi connectivity index (χ0v) is 14.4. The smallest absolute Gasteiger partial charge is 0.141 e. The molecule has 0 aliphatic heterocycles. The summed E-state index contributed by atoms with van der Waals surface area (Å²) < 4.78 is 5.88. The second-order valence-electron chi connectivity index (χ2n) is 5.95. The number of hydrogen-bond donors (Lipinski definition) is 1. The van der Waals surface area contributed by atoms with E-state index in [0.29, 0.717) is 6.61 Å². The minimum absolute atomic E-state index is 0.449. The molecule has 0 fully saturated rings. The van der Waals surface area contributed by atoms with Crippen LogP contribution >= 0.6 is 0 Å². The summed E-state index contributed by atoms with van der Waals surface area (Å²) in [4.78, 5) is 12.9. The molecule has 0 amide bonds. The molecule has 2 aromatic heterocycles. The Labute approximate surface area is 151 Å². The number of nitrogens with zero attached hydrogens (tertiary/aromatic N) is 3. The predicted octanol–water partition coefficient (Wildman–Crippen LogP) is 4.66. The number of hydrogen-bond acceptors (Lipinski definition) is 5. The van der Waals surface area contributed by atoms with E-state index in [1.165, 1.54) is 0 Å². The second kappa shape index (κ2) is 7.19. The third kappa shape index (κ3) is 3.47. The van der Waals surface area contributed by atoms with Crippen molar-refractivity contribution >= 4 is 22.4 Å². The Morgan fingerprint density at radius 2 is 1.81 bits per heavy atom. The maximum Gasteiger partial charge on any atom is 0.141 e. The Morgan fingerprint density at radius 3 is 2.65 bits per heavy atom. The van der Waals surface area contributed by atoms with Gasteiger partial charge in [-0.2, -0.15) is 0 Å². The zero-order valence-electron chi connectivity index (χ0n) is 14.4. The molecule has 0 bridgehead atoms. The summed E-state index contributed by atoms with van der Waals surface area (Å²) >= 11 is 0. The molecule has 0 saturated carbocycles. The summed E-state index contributed by atoms with van der Waals surface area (Å²) in [6, 6.07) is 19.7. The van der Waals surface area contributed by atoms with Gasteiger partial charge >= 0.3 is 0 Å². The molecule has 0 radical (unpaired) electrons. The summed E-state index contributed by atoms with van der Waals surface area (Å²) in [7, 11) is 0. The van der Waals surface area contributed by atoms with E-state index in [0.717, 1.165) is 39.4 Å². The van der Waals surface area contributed by atoms with Crippen LogP contribution < -0.4 is 10.1 Å². The number of nitrogens with one attached hydrogen (secondary N) is 1. The van der Waals surface area contributed by atoms with Crippen molar-refractivity contribution in [3.63, 3.8) is 0 Å². The van der Waals surface area contributed by atoms with E-state index in [2.05, 4.69) is 20.3 Å². The van der Waals surface area contributed by atoms with Crippen LogP contribution in [0.3, 0.4) is 0 Å². The summed E-state index contributed by atoms with van der Waals surface area (Å²) in [6.45, 7) is 2.47. The van der Waals surface area contributed by atoms with E-state index >= 15 is 0 Å². The lowest BCUT2D eigenvalue weighted by Crippen LogP contribution is -2.00. The summed E-state index contributed by atoms with van der Waals surface area (Å²) in [5.41, 5.74) is 3.82. The predicted molar refractivity (Wildman–Crippen MR) is 103 cm³/mol. The van der Waals surface area contributed by atoms with Crippen LogP contribution in [0.15, 0.2) is 73.2 Å². The Kier molecular flexibility index (Phi) is 4.43. The molecule has 2 aromatic carbocycles. The highest BCUT2D eigenvalue weighted by Gasteiger charge is 2.06. The molecule has 0 spiro atoms. The molecule has 5 heteroatoms. The van der Waals surface area contributed by atoms with Crippen molar-refractivity contribution in [2.45, 2.75) is 13.5 Å². The fourth-order valence-electron chi connectivity index (χ4n) is 2.77. The number of aryl methyl sites for hydroxylation is 1. The van der Waals surface area contributed by atoms with Crippen LogP contribution in [0.4, 0.5) is 11.5 Å². The molecule has 0 aliphatic rings. The number of aromatic nitrogens is 3. The van der Waals surface area contributed by atoms with Gasteiger partial charge in [-0.1, -0.05) is 18.2 Å². The largest absolute Gasteiger partial charge is 0.487 e. The van der Waals surface area contributed by atoms with E-state index < -0.39 is 0 Å². The van der Waals surface area contributed by atoms with Gasteiger partial charge in [0.1, 0.15) is 24.5 Å². The van der Waals surface area contributed by atoms with Crippen LogP contribution in [0.5, 0.6) is 5.75 Å². The molecular formula is C21H18N4O. The van der Waals surface area contributed by atoms with Crippen LogP contribution in [0, 0.1) is 6.92 Å². The minimum atomic E-state index is 0.449. The van der Waals surface area contributed by atoms with Crippen molar-refractivity contribution in [1.29, 1.82) is 0 Å². The molecule has 0 unspecified atom stereocenters. The van der Waals surface area contributed by atoms with Gasteiger partial charge in [-0.15, -0.1) is 0 Å². The third-order valence-corrected chi connectivity index (χ3v) is 4.08. The van der Waals surface area contributed by atoms with Crippen LogP contribution in [0.2, 0.25) is 0 Å². The maximum atomic E-state index is 5.88. The SMILES string of the molecule is Cc1cc(Nc2ncnc3ccccc23)ccc1OCc1ccccn1. The molecule has 1 N–H and O–H groups in total. The summed E-state index contributed by atoms with van der Waals surface area (Å²) in [5.74, 6) is 1.63. The van der Waals surface area contributed by atoms with Gasteiger partial charge in [0, 0.05) is 17.3 Å². The Hall–Kier alpha value is -3.47. The van der Waals surface area contributed by atoms with E-state index in [4.69, 9.17) is 4.74 Å². The van der Waals surface area contributed by atoms with Crippen molar-refractivity contribution in [1.82, 2.24) is 15.0 Å². The first-order chi connectivity index (χ1) is 12.8. The van der Waals surface area contributed by atoms with Gasteiger partial charge in [0.25, 0.3) is 0 Å². The van der Waals surface area contributed by atoms with Crippen molar-refractivity contribution in [3.8, 4) is 5.75 Å². The second-order valence-corrected chi connectivity index (χ2v) is 5.95. The van der Waals surface area contributed by atoms with Gasteiger partial charge in [-0.25, -0.2) is 9.97 Å². The number of pyridine rings is 1. The number of rotatable bonds is 5. The van der Waals surface area contributed by atoms with Crippen molar-refractivity contribution in [2.24, 2.45) is 0 Å². The van der Waals surface area contributed by atoms with E-state index in [1.54, 1.807) is 12.5 Å². The Morgan fingerprint density at radius 1 is 0.923 bits per heavy atom. The van der Waals surface area contributed by atoms with Crippen molar-refractivity contribution in [2.75, 3.05) is 5.32 Å². The van der Waals surface area contributed by atoms with Gasteiger partial charge in [0.15, 0.2) is 0 Å². The van der Waals surface area contributed by atoms with Crippen molar-refractivity contribution < 1.29 is 4.74 Å². The Bertz CT molecular complexity index is 1030. The standard InChI is InChI=1S/C21H18N4O/c1-15-12-16(9-10-20(15)26-13-17-6-4-5-11-22-17)25-21-18-7-2-3-8-19(18)23-14-24-21/h2-12,14H,13H2,1H3,(H,23,24,25). The number of anilines is 2. The van der Waals surface area contributed by atoms with Crippen LogP contribution in [-0.2, 0) is 6.61 Å². The molecule has 2 heterocycles. The van der Waals surface area contributed by atoms with Gasteiger partial charge in [0.05, 0.1) is 11.2 Å². The molecule has 128 valence electrons. The fourth-order valence-corrected chi connectivity index (χ4v) is 2.77. The quantitative estimate of drug-likeness (QED) is 0.572.